The number of ether oxygens (including phenoxy) is 2. The summed E-state index contributed by atoms with van der Waals surface area (Å²) in [6.07, 6.45) is 1.82. The SMILES string of the molecule is CCCCN(CC)S(=O)(=O)c1ccc2c(c1)OCCO2. The Morgan fingerprint density at radius 3 is 2.50 bits per heavy atom. The van der Waals surface area contributed by atoms with E-state index in [0.717, 1.165) is 12.8 Å². The lowest BCUT2D eigenvalue weighted by Crippen LogP contribution is -2.32. The summed E-state index contributed by atoms with van der Waals surface area (Å²) in [5.74, 6) is 1.11. The van der Waals surface area contributed by atoms with Crippen LogP contribution in [0.5, 0.6) is 11.5 Å². The second-order valence-electron chi connectivity index (χ2n) is 4.66. The van der Waals surface area contributed by atoms with Crippen LogP contribution in [-0.4, -0.2) is 39.0 Å². The molecule has 0 aromatic heterocycles. The zero-order chi connectivity index (χ0) is 14.6. The van der Waals surface area contributed by atoms with Crippen LogP contribution >= 0.6 is 0 Å². The fourth-order valence-corrected chi connectivity index (χ4v) is 3.62. The molecule has 1 aromatic carbocycles. The molecule has 0 unspecified atom stereocenters. The van der Waals surface area contributed by atoms with E-state index in [9.17, 15) is 8.42 Å². The fourth-order valence-electron chi connectivity index (χ4n) is 2.12. The van der Waals surface area contributed by atoms with E-state index in [1.807, 2.05) is 13.8 Å². The Bertz CT molecular complexity index is 556. The molecule has 0 atom stereocenters. The zero-order valence-electron chi connectivity index (χ0n) is 12.0. The van der Waals surface area contributed by atoms with Crippen molar-refractivity contribution in [3.8, 4) is 11.5 Å². The lowest BCUT2D eigenvalue weighted by Gasteiger charge is -2.22. The van der Waals surface area contributed by atoms with Gasteiger partial charge in [0.1, 0.15) is 13.2 Å². The molecule has 0 N–H and O–H groups in total. The number of sulfonamides is 1. The molecule has 2 rings (SSSR count). The van der Waals surface area contributed by atoms with E-state index in [1.54, 1.807) is 18.2 Å². The highest BCUT2D eigenvalue weighted by molar-refractivity contribution is 7.89. The van der Waals surface area contributed by atoms with Gasteiger partial charge in [-0.05, 0) is 18.6 Å². The summed E-state index contributed by atoms with van der Waals surface area (Å²) in [6, 6.07) is 4.80. The third kappa shape index (κ3) is 3.07. The quantitative estimate of drug-likeness (QED) is 0.808. The van der Waals surface area contributed by atoms with Crippen molar-refractivity contribution in [2.75, 3.05) is 26.3 Å². The highest BCUT2D eigenvalue weighted by atomic mass is 32.2. The Morgan fingerprint density at radius 1 is 1.15 bits per heavy atom. The van der Waals surface area contributed by atoms with Gasteiger partial charge < -0.3 is 9.47 Å². The molecular weight excluding hydrogens is 278 g/mol. The minimum absolute atomic E-state index is 0.264. The number of hydrogen-bond acceptors (Lipinski definition) is 4. The number of nitrogens with zero attached hydrogens (tertiary/aromatic N) is 1. The summed E-state index contributed by atoms with van der Waals surface area (Å²) in [6.45, 7) is 5.86. The highest BCUT2D eigenvalue weighted by Gasteiger charge is 2.24. The van der Waals surface area contributed by atoms with Gasteiger partial charge in [0.05, 0.1) is 4.90 Å². The third-order valence-corrected chi connectivity index (χ3v) is 5.24. The first-order chi connectivity index (χ1) is 9.59. The van der Waals surface area contributed by atoms with Gasteiger partial charge in [0.25, 0.3) is 0 Å². The van der Waals surface area contributed by atoms with Gasteiger partial charge in [-0.2, -0.15) is 4.31 Å². The van der Waals surface area contributed by atoms with Crippen LogP contribution in [0.1, 0.15) is 26.7 Å². The van der Waals surface area contributed by atoms with Crippen molar-refractivity contribution in [2.45, 2.75) is 31.6 Å². The second kappa shape index (κ2) is 6.45. The van der Waals surface area contributed by atoms with Gasteiger partial charge in [0, 0.05) is 19.2 Å². The first kappa shape index (κ1) is 15.1. The van der Waals surface area contributed by atoms with Gasteiger partial charge in [0.15, 0.2) is 11.5 Å². The van der Waals surface area contributed by atoms with E-state index < -0.39 is 10.0 Å². The molecule has 20 heavy (non-hydrogen) atoms. The van der Waals surface area contributed by atoms with Crippen LogP contribution in [-0.2, 0) is 10.0 Å². The molecule has 1 aromatic rings. The Balaban J connectivity index is 2.28. The van der Waals surface area contributed by atoms with Crippen LogP contribution in [0, 0.1) is 0 Å². The molecule has 0 spiro atoms. The van der Waals surface area contributed by atoms with Crippen molar-refractivity contribution in [3.05, 3.63) is 18.2 Å². The monoisotopic (exact) mass is 299 g/mol. The number of rotatable bonds is 6. The van der Waals surface area contributed by atoms with Crippen molar-refractivity contribution >= 4 is 10.0 Å². The van der Waals surface area contributed by atoms with Crippen molar-refractivity contribution in [1.82, 2.24) is 4.31 Å². The molecule has 1 aliphatic rings. The van der Waals surface area contributed by atoms with Crippen molar-refractivity contribution in [2.24, 2.45) is 0 Å². The highest BCUT2D eigenvalue weighted by Crippen LogP contribution is 2.33. The maximum atomic E-state index is 12.6. The zero-order valence-corrected chi connectivity index (χ0v) is 12.8. The van der Waals surface area contributed by atoms with Crippen LogP contribution < -0.4 is 9.47 Å². The summed E-state index contributed by atoms with van der Waals surface area (Å²) in [5.41, 5.74) is 0. The first-order valence-electron chi connectivity index (χ1n) is 6.99. The summed E-state index contributed by atoms with van der Waals surface area (Å²) in [7, 11) is -3.46. The van der Waals surface area contributed by atoms with Gasteiger partial charge in [-0.3, -0.25) is 0 Å². The van der Waals surface area contributed by atoms with Crippen LogP contribution in [0.2, 0.25) is 0 Å². The summed E-state index contributed by atoms with van der Waals surface area (Å²) >= 11 is 0. The number of unbranched alkanes of at least 4 members (excludes halogenated alkanes) is 1. The molecule has 0 amide bonds. The molecular formula is C14H21NO4S. The molecule has 5 nitrogen and oxygen atoms in total. The average molecular weight is 299 g/mol. The largest absolute Gasteiger partial charge is 0.486 e. The van der Waals surface area contributed by atoms with Crippen LogP contribution in [0.15, 0.2) is 23.1 Å². The second-order valence-corrected chi connectivity index (χ2v) is 6.59. The van der Waals surface area contributed by atoms with E-state index in [-0.39, 0.29) is 4.90 Å². The van der Waals surface area contributed by atoms with E-state index >= 15 is 0 Å². The molecule has 0 saturated carbocycles. The molecule has 0 radical (unpaired) electrons. The average Bonchev–Trinajstić information content (AvgIpc) is 2.47. The summed E-state index contributed by atoms with van der Waals surface area (Å²) in [5, 5.41) is 0. The van der Waals surface area contributed by atoms with Crippen molar-refractivity contribution in [1.29, 1.82) is 0 Å². The van der Waals surface area contributed by atoms with E-state index in [2.05, 4.69) is 0 Å². The standard InChI is InChI=1S/C14H21NO4S/c1-3-5-8-15(4-2)20(16,17)12-6-7-13-14(11-12)19-10-9-18-13/h6-7,11H,3-5,8-10H2,1-2H3. The molecule has 1 heterocycles. The topological polar surface area (TPSA) is 55.8 Å². The lowest BCUT2D eigenvalue weighted by atomic mass is 10.3. The Hall–Kier alpha value is -1.27. The number of benzene rings is 1. The van der Waals surface area contributed by atoms with E-state index in [1.165, 1.54) is 4.31 Å². The predicted molar refractivity (Wildman–Crippen MR) is 76.8 cm³/mol. The Kier molecular flexibility index (Phi) is 4.88. The third-order valence-electron chi connectivity index (χ3n) is 3.27. The van der Waals surface area contributed by atoms with Crippen LogP contribution in [0.4, 0.5) is 0 Å². The number of fused-ring (bicyclic) bond motifs is 1. The van der Waals surface area contributed by atoms with Gasteiger partial charge in [-0.1, -0.05) is 20.3 Å². The lowest BCUT2D eigenvalue weighted by molar-refractivity contribution is 0.171. The summed E-state index contributed by atoms with van der Waals surface area (Å²) in [4.78, 5) is 0.264. The van der Waals surface area contributed by atoms with Gasteiger partial charge in [-0.15, -0.1) is 0 Å². The molecule has 6 heteroatoms. The minimum atomic E-state index is -3.46. The van der Waals surface area contributed by atoms with E-state index in [4.69, 9.17) is 9.47 Å². The van der Waals surface area contributed by atoms with Crippen LogP contribution in [0.3, 0.4) is 0 Å². The van der Waals surface area contributed by atoms with Crippen molar-refractivity contribution in [3.63, 3.8) is 0 Å². The smallest absolute Gasteiger partial charge is 0.243 e. The number of hydrogen-bond donors (Lipinski definition) is 0. The molecule has 112 valence electrons. The normalized spacial score (nSPS) is 14.6. The molecule has 0 saturated heterocycles. The predicted octanol–water partition coefficient (Wildman–Crippen LogP) is 2.27. The molecule has 0 fully saturated rings. The fraction of sp³-hybridized carbons (Fsp3) is 0.571. The van der Waals surface area contributed by atoms with Crippen molar-refractivity contribution < 1.29 is 17.9 Å². The van der Waals surface area contributed by atoms with Crippen LogP contribution in [0.25, 0.3) is 0 Å². The first-order valence-corrected chi connectivity index (χ1v) is 8.43. The minimum Gasteiger partial charge on any atom is -0.486 e. The summed E-state index contributed by atoms with van der Waals surface area (Å²) < 4.78 is 37.5. The molecule has 0 bridgehead atoms. The van der Waals surface area contributed by atoms with Gasteiger partial charge in [-0.25, -0.2) is 8.42 Å². The Morgan fingerprint density at radius 2 is 1.85 bits per heavy atom. The molecule has 0 aliphatic carbocycles. The Labute approximate surface area is 120 Å². The molecule has 1 aliphatic heterocycles. The maximum absolute atomic E-state index is 12.6. The maximum Gasteiger partial charge on any atom is 0.243 e. The van der Waals surface area contributed by atoms with E-state index in [0.29, 0.717) is 37.8 Å². The van der Waals surface area contributed by atoms with Gasteiger partial charge >= 0.3 is 0 Å². The van der Waals surface area contributed by atoms with Gasteiger partial charge in [0.2, 0.25) is 10.0 Å².